The van der Waals surface area contributed by atoms with Crippen LogP contribution in [0.25, 0.3) is 0 Å². The van der Waals surface area contributed by atoms with Crippen molar-refractivity contribution in [3.05, 3.63) is 52.8 Å². The number of benzene rings is 1. The second kappa shape index (κ2) is 5.29. The highest BCUT2D eigenvalue weighted by molar-refractivity contribution is 6.29. The van der Waals surface area contributed by atoms with Gasteiger partial charge in [0.2, 0.25) is 0 Å². The average molecular weight is 272 g/mol. The summed E-state index contributed by atoms with van der Waals surface area (Å²) >= 11 is 5.63. The number of rotatable bonds is 3. The molecule has 3 nitrogen and oxygen atoms in total. The zero-order valence-corrected chi connectivity index (χ0v) is 9.79. The molecule has 6 heteroatoms. The second-order valence-corrected chi connectivity index (χ2v) is 3.85. The van der Waals surface area contributed by atoms with E-state index in [4.69, 9.17) is 21.4 Å². The summed E-state index contributed by atoms with van der Waals surface area (Å²) in [5.41, 5.74) is 0.130. The molecule has 1 aromatic heterocycles. The summed E-state index contributed by atoms with van der Waals surface area (Å²) in [6, 6.07) is 4.76. The molecule has 0 atom stereocenters. The van der Waals surface area contributed by atoms with E-state index in [2.05, 4.69) is 4.98 Å². The molecule has 94 valence electrons. The van der Waals surface area contributed by atoms with Gasteiger partial charge in [-0.15, -0.1) is 0 Å². The zero-order chi connectivity index (χ0) is 13.1. The van der Waals surface area contributed by atoms with Gasteiger partial charge >= 0.3 is 0 Å². The van der Waals surface area contributed by atoms with Crippen LogP contribution in [0.15, 0.2) is 30.5 Å². The van der Waals surface area contributed by atoms with Gasteiger partial charge in [-0.2, -0.15) is 0 Å². The first-order valence-corrected chi connectivity index (χ1v) is 5.36. The van der Waals surface area contributed by atoms with Gasteiger partial charge in [0.05, 0.1) is 6.61 Å². The van der Waals surface area contributed by atoms with Gasteiger partial charge < -0.3 is 9.84 Å². The third-order valence-corrected chi connectivity index (χ3v) is 2.37. The molecule has 0 saturated heterocycles. The Kier molecular flexibility index (Phi) is 3.74. The second-order valence-electron chi connectivity index (χ2n) is 3.46. The first-order chi connectivity index (χ1) is 8.60. The molecule has 0 aliphatic rings. The number of nitrogens with zero attached hydrogens (tertiary/aromatic N) is 1. The lowest BCUT2D eigenvalue weighted by Crippen LogP contribution is -1.96. The highest BCUT2D eigenvalue weighted by Crippen LogP contribution is 2.29. The largest absolute Gasteiger partial charge is 0.451 e. The van der Waals surface area contributed by atoms with Gasteiger partial charge in [-0.1, -0.05) is 11.6 Å². The first kappa shape index (κ1) is 12.7. The van der Waals surface area contributed by atoms with Gasteiger partial charge in [0.25, 0.3) is 0 Å². The van der Waals surface area contributed by atoms with Crippen molar-refractivity contribution >= 4 is 11.6 Å². The van der Waals surface area contributed by atoms with Gasteiger partial charge in [-0.05, 0) is 23.8 Å². The van der Waals surface area contributed by atoms with Crippen molar-refractivity contribution < 1.29 is 18.6 Å². The maximum absolute atomic E-state index is 13.6. The Morgan fingerprint density at radius 2 is 1.89 bits per heavy atom. The smallest absolute Gasteiger partial charge is 0.198 e. The van der Waals surface area contributed by atoms with Gasteiger partial charge in [-0.25, -0.2) is 13.8 Å². The Bertz CT molecular complexity index is 555. The van der Waals surface area contributed by atoms with Gasteiger partial charge in [0.15, 0.2) is 17.4 Å². The molecule has 0 radical (unpaired) electrons. The molecule has 2 aromatic rings. The van der Waals surface area contributed by atoms with E-state index in [1.54, 1.807) is 0 Å². The standard InChI is InChI=1S/C12H8ClF2NO2/c13-11-5-8(1-2-16-11)18-12-9(14)3-7(6-17)4-10(12)15/h1-5,17H,6H2. The van der Waals surface area contributed by atoms with Crippen LogP contribution in [0.5, 0.6) is 11.5 Å². The van der Waals surface area contributed by atoms with Crippen LogP contribution in [-0.4, -0.2) is 10.1 Å². The van der Waals surface area contributed by atoms with Gasteiger partial charge in [0, 0.05) is 12.3 Å². The van der Waals surface area contributed by atoms with Crippen molar-refractivity contribution in [1.82, 2.24) is 4.98 Å². The molecule has 1 aromatic carbocycles. The lowest BCUT2D eigenvalue weighted by Gasteiger charge is -2.09. The van der Waals surface area contributed by atoms with Crippen molar-refractivity contribution in [2.45, 2.75) is 6.61 Å². The monoisotopic (exact) mass is 271 g/mol. The summed E-state index contributed by atoms with van der Waals surface area (Å²) in [6.45, 7) is -0.449. The van der Waals surface area contributed by atoms with Crippen LogP contribution in [0.2, 0.25) is 5.15 Å². The summed E-state index contributed by atoms with van der Waals surface area (Å²) < 4.78 is 32.2. The van der Waals surface area contributed by atoms with Gasteiger partial charge in [-0.3, -0.25) is 0 Å². The molecule has 0 aliphatic carbocycles. The Morgan fingerprint density at radius 1 is 1.22 bits per heavy atom. The molecule has 0 fully saturated rings. The van der Waals surface area contributed by atoms with Crippen molar-refractivity contribution in [2.75, 3.05) is 0 Å². The number of aromatic nitrogens is 1. The fourth-order valence-corrected chi connectivity index (χ4v) is 1.53. The van der Waals surface area contributed by atoms with E-state index >= 15 is 0 Å². The van der Waals surface area contributed by atoms with E-state index in [0.29, 0.717) is 0 Å². The average Bonchev–Trinajstić information content (AvgIpc) is 2.33. The number of halogens is 3. The normalized spacial score (nSPS) is 10.4. The summed E-state index contributed by atoms with van der Waals surface area (Å²) in [4.78, 5) is 3.72. The van der Waals surface area contributed by atoms with Crippen molar-refractivity contribution in [3.8, 4) is 11.5 Å². The molecule has 2 rings (SSSR count). The summed E-state index contributed by atoms with van der Waals surface area (Å²) in [5.74, 6) is -2.17. The fourth-order valence-electron chi connectivity index (χ4n) is 1.37. The summed E-state index contributed by atoms with van der Waals surface area (Å²) in [5, 5.41) is 8.96. The minimum Gasteiger partial charge on any atom is -0.451 e. The maximum Gasteiger partial charge on any atom is 0.198 e. The minimum atomic E-state index is -0.896. The summed E-state index contributed by atoms with van der Waals surface area (Å²) in [6.07, 6.45) is 1.36. The predicted octanol–water partition coefficient (Wildman–Crippen LogP) is 3.30. The van der Waals surface area contributed by atoms with Crippen LogP contribution < -0.4 is 4.74 Å². The number of hydrogen-bond donors (Lipinski definition) is 1. The fraction of sp³-hybridized carbons (Fsp3) is 0.0833. The highest BCUT2D eigenvalue weighted by Gasteiger charge is 2.13. The molecule has 0 unspecified atom stereocenters. The first-order valence-electron chi connectivity index (χ1n) is 4.98. The molecule has 0 amide bonds. The van der Waals surface area contributed by atoms with E-state index in [0.717, 1.165) is 12.1 Å². The minimum absolute atomic E-state index is 0.130. The Morgan fingerprint density at radius 3 is 2.44 bits per heavy atom. The predicted molar refractivity (Wildman–Crippen MR) is 61.6 cm³/mol. The van der Waals surface area contributed by atoms with Gasteiger partial charge in [0.1, 0.15) is 10.9 Å². The Hall–Kier alpha value is -1.72. The van der Waals surface area contributed by atoms with E-state index in [1.165, 1.54) is 18.3 Å². The molecule has 18 heavy (non-hydrogen) atoms. The molecule has 1 heterocycles. The Balaban J connectivity index is 2.35. The number of pyridine rings is 1. The number of aliphatic hydroxyl groups is 1. The van der Waals surface area contributed by atoms with E-state index in [-0.39, 0.29) is 16.5 Å². The van der Waals surface area contributed by atoms with Crippen molar-refractivity contribution in [2.24, 2.45) is 0 Å². The maximum atomic E-state index is 13.6. The number of ether oxygens (including phenoxy) is 1. The molecular formula is C12H8ClF2NO2. The van der Waals surface area contributed by atoms with Crippen LogP contribution in [0.1, 0.15) is 5.56 Å². The van der Waals surface area contributed by atoms with E-state index in [9.17, 15) is 8.78 Å². The Labute approximate surface area is 107 Å². The van der Waals surface area contributed by atoms with Crippen molar-refractivity contribution in [3.63, 3.8) is 0 Å². The van der Waals surface area contributed by atoms with Crippen LogP contribution in [0.3, 0.4) is 0 Å². The number of hydrogen-bond acceptors (Lipinski definition) is 3. The zero-order valence-electron chi connectivity index (χ0n) is 9.03. The van der Waals surface area contributed by atoms with Crippen molar-refractivity contribution in [1.29, 1.82) is 0 Å². The molecule has 0 aliphatic heterocycles. The third kappa shape index (κ3) is 2.75. The van der Waals surface area contributed by atoms with Crippen LogP contribution in [-0.2, 0) is 6.61 Å². The van der Waals surface area contributed by atoms with E-state index < -0.39 is 24.0 Å². The number of aliphatic hydroxyl groups excluding tert-OH is 1. The van der Waals surface area contributed by atoms with Crippen LogP contribution in [0, 0.1) is 11.6 Å². The quantitative estimate of drug-likeness (QED) is 0.871. The summed E-state index contributed by atoms with van der Waals surface area (Å²) in [7, 11) is 0. The molecule has 0 saturated carbocycles. The molecule has 0 spiro atoms. The highest BCUT2D eigenvalue weighted by atomic mass is 35.5. The van der Waals surface area contributed by atoms with Crippen LogP contribution >= 0.6 is 11.6 Å². The van der Waals surface area contributed by atoms with Crippen LogP contribution in [0.4, 0.5) is 8.78 Å². The SMILES string of the molecule is OCc1cc(F)c(Oc2ccnc(Cl)c2)c(F)c1. The molecule has 0 bridgehead atoms. The topological polar surface area (TPSA) is 42.4 Å². The third-order valence-electron chi connectivity index (χ3n) is 2.16. The lowest BCUT2D eigenvalue weighted by atomic mass is 10.2. The van der Waals surface area contributed by atoms with E-state index in [1.807, 2.05) is 0 Å². The lowest BCUT2D eigenvalue weighted by molar-refractivity contribution is 0.279. The molecular weight excluding hydrogens is 264 g/mol. The molecule has 1 N–H and O–H groups in total.